The normalized spacial score (nSPS) is 11.4. The second kappa shape index (κ2) is 11.8. The Morgan fingerprint density at radius 3 is 2.12 bits per heavy atom. The molecule has 0 fully saturated rings. The van der Waals surface area contributed by atoms with E-state index in [9.17, 15) is 13.2 Å². The molecule has 0 aromatic heterocycles. The SMILES string of the molecule is CCCCNS(=O)(=O)c1ccc(OCC(=O)NC(c2ccccc2)c2ccccc2)c(Cl)c1. The van der Waals surface area contributed by atoms with Crippen molar-refractivity contribution in [2.75, 3.05) is 13.2 Å². The summed E-state index contributed by atoms with van der Waals surface area (Å²) in [6.45, 7) is 2.07. The van der Waals surface area contributed by atoms with Gasteiger partial charge in [-0.3, -0.25) is 4.79 Å². The highest BCUT2D eigenvalue weighted by molar-refractivity contribution is 7.89. The highest BCUT2D eigenvalue weighted by Gasteiger charge is 2.19. The Labute approximate surface area is 200 Å². The molecule has 0 aliphatic heterocycles. The van der Waals surface area contributed by atoms with Gasteiger partial charge in [0, 0.05) is 6.54 Å². The zero-order valence-electron chi connectivity index (χ0n) is 18.3. The molecule has 0 heterocycles. The van der Waals surface area contributed by atoms with E-state index in [1.807, 2.05) is 67.6 Å². The van der Waals surface area contributed by atoms with Crippen molar-refractivity contribution in [1.82, 2.24) is 10.0 Å². The van der Waals surface area contributed by atoms with Crippen LogP contribution in [0.25, 0.3) is 0 Å². The van der Waals surface area contributed by atoms with Crippen LogP contribution in [-0.2, 0) is 14.8 Å². The number of benzene rings is 3. The lowest BCUT2D eigenvalue weighted by Gasteiger charge is -2.20. The largest absolute Gasteiger partial charge is 0.482 e. The molecule has 2 N–H and O–H groups in total. The van der Waals surface area contributed by atoms with Gasteiger partial charge in [-0.05, 0) is 35.7 Å². The quantitative estimate of drug-likeness (QED) is 0.385. The van der Waals surface area contributed by atoms with Crippen LogP contribution in [0.4, 0.5) is 0 Å². The first-order valence-electron chi connectivity index (χ1n) is 10.7. The molecule has 0 unspecified atom stereocenters. The average molecular weight is 487 g/mol. The number of sulfonamides is 1. The lowest BCUT2D eigenvalue weighted by Crippen LogP contribution is -2.33. The molecule has 0 spiro atoms. The summed E-state index contributed by atoms with van der Waals surface area (Å²) < 4.78 is 32.8. The summed E-state index contributed by atoms with van der Waals surface area (Å²) >= 11 is 6.23. The number of ether oxygens (including phenoxy) is 1. The van der Waals surface area contributed by atoms with Crippen LogP contribution in [0.2, 0.25) is 5.02 Å². The number of nitrogens with one attached hydrogen (secondary N) is 2. The molecule has 8 heteroatoms. The van der Waals surface area contributed by atoms with Gasteiger partial charge < -0.3 is 10.1 Å². The maximum absolute atomic E-state index is 12.7. The summed E-state index contributed by atoms with van der Waals surface area (Å²) in [5.41, 5.74) is 1.89. The smallest absolute Gasteiger partial charge is 0.258 e. The molecule has 3 aromatic rings. The molecule has 0 saturated heterocycles. The zero-order chi connectivity index (χ0) is 23.7. The lowest BCUT2D eigenvalue weighted by molar-refractivity contribution is -0.123. The average Bonchev–Trinajstić information content (AvgIpc) is 2.83. The van der Waals surface area contributed by atoms with Crippen molar-refractivity contribution in [1.29, 1.82) is 0 Å². The topological polar surface area (TPSA) is 84.5 Å². The lowest BCUT2D eigenvalue weighted by atomic mass is 9.99. The van der Waals surface area contributed by atoms with E-state index in [0.29, 0.717) is 6.54 Å². The molecule has 174 valence electrons. The number of carbonyl (C=O) groups is 1. The van der Waals surface area contributed by atoms with Gasteiger partial charge in [0.2, 0.25) is 10.0 Å². The van der Waals surface area contributed by atoms with Crippen LogP contribution in [0, 0.1) is 0 Å². The summed E-state index contributed by atoms with van der Waals surface area (Å²) in [5, 5.41) is 3.11. The fourth-order valence-corrected chi connectivity index (χ4v) is 4.63. The van der Waals surface area contributed by atoms with Crippen molar-refractivity contribution in [3.05, 3.63) is 95.0 Å². The molecule has 3 rings (SSSR count). The second-order valence-corrected chi connectivity index (χ2v) is 9.63. The third kappa shape index (κ3) is 7.05. The molecule has 6 nitrogen and oxygen atoms in total. The Morgan fingerprint density at radius 2 is 1.58 bits per heavy atom. The number of halogens is 1. The Bertz CT molecular complexity index is 1120. The van der Waals surface area contributed by atoms with Crippen molar-refractivity contribution in [3.63, 3.8) is 0 Å². The van der Waals surface area contributed by atoms with Crippen LogP contribution >= 0.6 is 11.6 Å². The highest BCUT2D eigenvalue weighted by atomic mass is 35.5. The van der Waals surface area contributed by atoms with Gasteiger partial charge in [0.15, 0.2) is 6.61 Å². The summed E-state index contributed by atoms with van der Waals surface area (Å²) in [4.78, 5) is 12.7. The van der Waals surface area contributed by atoms with Crippen molar-refractivity contribution in [3.8, 4) is 5.75 Å². The maximum atomic E-state index is 12.7. The second-order valence-electron chi connectivity index (χ2n) is 7.45. The Kier molecular flexibility index (Phi) is 8.88. The van der Waals surface area contributed by atoms with Gasteiger partial charge in [0.1, 0.15) is 5.75 Å². The minimum absolute atomic E-state index is 0.0497. The minimum atomic E-state index is -3.65. The van der Waals surface area contributed by atoms with Crippen LogP contribution in [0.15, 0.2) is 83.8 Å². The van der Waals surface area contributed by atoms with E-state index in [-0.39, 0.29) is 34.2 Å². The molecule has 0 radical (unpaired) electrons. The highest BCUT2D eigenvalue weighted by Crippen LogP contribution is 2.27. The van der Waals surface area contributed by atoms with Crippen molar-refractivity contribution in [2.24, 2.45) is 0 Å². The van der Waals surface area contributed by atoms with E-state index in [1.54, 1.807) is 0 Å². The molecule has 3 aromatic carbocycles. The number of amides is 1. The molecule has 0 saturated carbocycles. The molecule has 0 bridgehead atoms. The van der Waals surface area contributed by atoms with Gasteiger partial charge in [0.05, 0.1) is 16.0 Å². The Morgan fingerprint density at radius 1 is 0.970 bits per heavy atom. The van der Waals surface area contributed by atoms with E-state index in [0.717, 1.165) is 24.0 Å². The standard InChI is InChI=1S/C25H27ClN2O4S/c1-2-3-16-27-33(30,31)21-14-15-23(22(26)17-21)32-18-24(29)28-25(19-10-6-4-7-11-19)20-12-8-5-9-13-20/h4-15,17,25,27H,2-3,16,18H2,1H3,(H,28,29). The van der Waals surface area contributed by atoms with E-state index in [2.05, 4.69) is 10.0 Å². The molecule has 33 heavy (non-hydrogen) atoms. The number of hydrogen-bond donors (Lipinski definition) is 2. The summed E-state index contributed by atoms with van der Waals surface area (Å²) in [6.07, 6.45) is 1.63. The third-order valence-electron chi connectivity index (χ3n) is 4.97. The van der Waals surface area contributed by atoms with E-state index < -0.39 is 10.0 Å². The van der Waals surface area contributed by atoms with Crippen molar-refractivity contribution >= 4 is 27.5 Å². The first-order valence-corrected chi connectivity index (χ1v) is 12.6. The molecule has 0 aliphatic carbocycles. The minimum Gasteiger partial charge on any atom is -0.482 e. The molecule has 0 aliphatic rings. The van der Waals surface area contributed by atoms with Crippen LogP contribution in [0.1, 0.15) is 36.9 Å². The van der Waals surface area contributed by atoms with Gasteiger partial charge in [-0.1, -0.05) is 85.6 Å². The van der Waals surface area contributed by atoms with Gasteiger partial charge in [-0.15, -0.1) is 0 Å². The van der Waals surface area contributed by atoms with Gasteiger partial charge >= 0.3 is 0 Å². The Hall–Kier alpha value is -2.87. The van der Waals surface area contributed by atoms with Gasteiger partial charge in [-0.25, -0.2) is 13.1 Å². The fraction of sp³-hybridized carbons (Fsp3) is 0.240. The van der Waals surface area contributed by atoms with Gasteiger partial charge in [0.25, 0.3) is 5.91 Å². The predicted octanol–water partition coefficient (Wildman–Crippen LogP) is 4.70. The van der Waals surface area contributed by atoms with E-state index >= 15 is 0 Å². The molecule has 1 amide bonds. The third-order valence-corrected chi connectivity index (χ3v) is 6.72. The first-order chi connectivity index (χ1) is 15.9. The number of unbranched alkanes of at least 4 members (excludes halogenated alkanes) is 1. The van der Waals surface area contributed by atoms with Gasteiger partial charge in [-0.2, -0.15) is 0 Å². The van der Waals surface area contributed by atoms with Crippen LogP contribution in [-0.4, -0.2) is 27.5 Å². The number of carbonyl (C=O) groups excluding carboxylic acids is 1. The molecular formula is C25H27ClN2O4S. The van der Waals surface area contributed by atoms with E-state index in [1.165, 1.54) is 18.2 Å². The number of hydrogen-bond acceptors (Lipinski definition) is 4. The molecular weight excluding hydrogens is 460 g/mol. The summed E-state index contributed by atoms with van der Waals surface area (Å²) in [7, 11) is -3.65. The summed E-state index contributed by atoms with van der Waals surface area (Å²) in [5.74, 6) is -0.1000. The molecule has 0 atom stereocenters. The van der Waals surface area contributed by atoms with Crippen molar-refractivity contribution < 1.29 is 17.9 Å². The van der Waals surface area contributed by atoms with Crippen LogP contribution in [0.5, 0.6) is 5.75 Å². The number of rotatable bonds is 11. The zero-order valence-corrected chi connectivity index (χ0v) is 19.9. The van der Waals surface area contributed by atoms with E-state index in [4.69, 9.17) is 16.3 Å². The summed E-state index contributed by atoms with van der Waals surface area (Å²) in [6, 6.07) is 23.1. The fourth-order valence-electron chi connectivity index (χ4n) is 3.23. The Balaban J connectivity index is 1.66. The maximum Gasteiger partial charge on any atom is 0.258 e. The van der Waals surface area contributed by atoms with Crippen LogP contribution < -0.4 is 14.8 Å². The first kappa shape index (κ1) is 24.8. The van der Waals surface area contributed by atoms with Crippen molar-refractivity contribution in [2.45, 2.75) is 30.7 Å². The van der Waals surface area contributed by atoms with Crippen LogP contribution in [0.3, 0.4) is 0 Å². The monoisotopic (exact) mass is 486 g/mol. The predicted molar refractivity (Wildman–Crippen MR) is 130 cm³/mol.